The third-order valence-electron chi connectivity index (χ3n) is 12.2. The molecule has 0 fully saturated rings. The Hall–Kier alpha value is -7.94. The van der Waals surface area contributed by atoms with E-state index in [9.17, 15) is 0 Å². The smallest absolute Gasteiger partial charge is 0.143 e. The zero-order valence-electron chi connectivity index (χ0n) is 32.7. The van der Waals surface area contributed by atoms with Crippen molar-refractivity contribution in [3.63, 3.8) is 0 Å². The minimum Gasteiger partial charge on any atom is -0.455 e. The maximum absolute atomic E-state index is 7.11. The summed E-state index contributed by atoms with van der Waals surface area (Å²) in [4.78, 5) is 2.41. The molecular formula is C58H37NO. The molecule has 0 spiro atoms. The van der Waals surface area contributed by atoms with Gasteiger partial charge >= 0.3 is 0 Å². The monoisotopic (exact) mass is 763 g/mol. The Morgan fingerprint density at radius 2 is 0.817 bits per heavy atom. The van der Waals surface area contributed by atoms with Gasteiger partial charge in [0.25, 0.3) is 0 Å². The first-order valence-electron chi connectivity index (χ1n) is 20.6. The summed E-state index contributed by atoms with van der Waals surface area (Å²) in [6.07, 6.45) is 0. The molecule has 11 aromatic carbocycles. The first-order chi connectivity index (χ1) is 29.8. The quantitative estimate of drug-likeness (QED) is 0.157. The van der Waals surface area contributed by atoms with E-state index >= 15 is 0 Å². The highest BCUT2D eigenvalue weighted by atomic mass is 16.3. The van der Waals surface area contributed by atoms with E-state index < -0.39 is 0 Å². The summed E-state index contributed by atoms with van der Waals surface area (Å²) in [5.41, 5.74) is 9.87. The van der Waals surface area contributed by atoms with Crippen LogP contribution in [0.4, 0.5) is 17.1 Å². The van der Waals surface area contributed by atoms with Gasteiger partial charge in [-0.15, -0.1) is 0 Å². The maximum Gasteiger partial charge on any atom is 0.143 e. The molecular weight excluding hydrogens is 727 g/mol. The molecule has 0 atom stereocenters. The number of furan rings is 1. The molecule has 2 nitrogen and oxygen atoms in total. The topological polar surface area (TPSA) is 16.4 Å². The summed E-state index contributed by atoms with van der Waals surface area (Å²) in [6, 6.07) is 81.0. The second-order valence-electron chi connectivity index (χ2n) is 15.6. The predicted molar refractivity (Wildman–Crippen MR) is 255 cm³/mol. The average Bonchev–Trinajstić information content (AvgIpc) is 3.74. The lowest BCUT2D eigenvalue weighted by molar-refractivity contribution is 0.636. The van der Waals surface area contributed by atoms with Gasteiger partial charge in [-0.05, 0) is 102 Å². The number of anilines is 3. The lowest BCUT2D eigenvalue weighted by atomic mass is 9.92. The van der Waals surface area contributed by atoms with Gasteiger partial charge in [0, 0.05) is 38.7 Å². The van der Waals surface area contributed by atoms with E-state index in [2.05, 4.69) is 229 Å². The molecule has 0 saturated carbocycles. The SMILES string of the molecule is c1ccc(-c2c(-c3ccc(N(c4ccc(-c5cccc6ccccc56)cc4)c4cc5ccccc5c5ccccc45)cc3)oc3c4ccccc4c4ccccc4c23)cc1. The lowest BCUT2D eigenvalue weighted by Crippen LogP contribution is -2.10. The Kier molecular flexibility index (Phi) is 7.89. The van der Waals surface area contributed by atoms with Crippen molar-refractivity contribution in [3.8, 4) is 33.6 Å². The normalized spacial score (nSPS) is 11.7. The van der Waals surface area contributed by atoms with Gasteiger partial charge in [0.2, 0.25) is 0 Å². The highest BCUT2D eigenvalue weighted by Crippen LogP contribution is 2.48. The number of fused-ring (bicyclic) bond motifs is 10. The van der Waals surface area contributed by atoms with Crippen LogP contribution in [0.25, 0.3) is 98.4 Å². The summed E-state index contributed by atoms with van der Waals surface area (Å²) in [6.45, 7) is 0. The molecule has 12 aromatic rings. The van der Waals surface area contributed by atoms with E-state index in [-0.39, 0.29) is 0 Å². The van der Waals surface area contributed by atoms with E-state index in [1.165, 1.54) is 59.6 Å². The van der Waals surface area contributed by atoms with Gasteiger partial charge in [0.05, 0.1) is 5.69 Å². The van der Waals surface area contributed by atoms with Crippen molar-refractivity contribution < 1.29 is 4.42 Å². The van der Waals surface area contributed by atoms with Gasteiger partial charge in [-0.3, -0.25) is 0 Å². The fraction of sp³-hybridized carbons (Fsp3) is 0. The third kappa shape index (κ3) is 5.42. The molecule has 0 N–H and O–H groups in total. The van der Waals surface area contributed by atoms with Crippen LogP contribution in [0.1, 0.15) is 0 Å². The van der Waals surface area contributed by atoms with Crippen LogP contribution < -0.4 is 4.90 Å². The van der Waals surface area contributed by atoms with Gasteiger partial charge in [-0.2, -0.15) is 0 Å². The van der Waals surface area contributed by atoms with E-state index in [1.54, 1.807) is 0 Å². The van der Waals surface area contributed by atoms with Crippen molar-refractivity contribution in [3.05, 3.63) is 224 Å². The molecule has 0 bridgehead atoms. The van der Waals surface area contributed by atoms with Crippen LogP contribution in [0.3, 0.4) is 0 Å². The highest BCUT2D eigenvalue weighted by molar-refractivity contribution is 6.28. The number of nitrogens with zero attached hydrogens (tertiary/aromatic N) is 1. The van der Waals surface area contributed by atoms with E-state index in [4.69, 9.17) is 4.42 Å². The zero-order valence-corrected chi connectivity index (χ0v) is 32.7. The van der Waals surface area contributed by atoms with Crippen LogP contribution in [-0.4, -0.2) is 0 Å². The summed E-state index contributed by atoms with van der Waals surface area (Å²) < 4.78 is 7.11. The molecule has 60 heavy (non-hydrogen) atoms. The van der Waals surface area contributed by atoms with Crippen LogP contribution in [0.2, 0.25) is 0 Å². The Morgan fingerprint density at radius 3 is 1.52 bits per heavy atom. The largest absolute Gasteiger partial charge is 0.455 e. The Balaban J connectivity index is 1.06. The molecule has 0 amide bonds. The minimum atomic E-state index is 0.867. The average molecular weight is 764 g/mol. The van der Waals surface area contributed by atoms with Gasteiger partial charge in [-0.25, -0.2) is 0 Å². The van der Waals surface area contributed by atoms with Gasteiger partial charge < -0.3 is 9.32 Å². The lowest BCUT2D eigenvalue weighted by Gasteiger charge is -2.28. The second-order valence-corrected chi connectivity index (χ2v) is 15.6. The van der Waals surface area contributed by atoms with Crippen LogP contribution >= 0.6 is 0 Å². The standard InChI is InChI=1S/C58H37NO/c1-2-16-40(17-3-1)55-56-52-26-12-9-23-49(52)50-24-10-13-27-53(50)58(56)60-57(55)41-31-35-44(36-32-41)59(54-37-42-18-5-7-21-47(42)48-22-8-11-25-51(48)54)43-33-29-39(30-34-43)46-28-14-19-38-15-4-6-20-45(38)46/h1-37H. The molecule has 12 rings (SSSR count). The van der Waals surface area contributed by atoms with Gasteiger partial charge in [0.15, 0.2) is 0 Å². The minimum absolute atomic E-state index is 0.867. The highest BCUT2D eigenvalue weighted by Gasteiger charge is 2.24. The summed E-state index contributed by atoms with van der Waals surface area (Å²) >= 11 is 0. The van der Waals surface area contributed by atoms with Crippen molar-refractivity contribution in [2.45, 2.75) is 0 Å². The summed E-state index contributed by atoms with van der Waals surface area (Å²) in [7, 11) is 0. The fourth-order valence-corrected chi connectivity index (χ4v) is 9.49. The van der Waals surface area contributed by atoms with E-state index in [0.717, 1.165) is 55.9 Å². The molecule has 0 unspecified atom stereocenters. The van der Waals surface area contributed by atoms with Gasteiger partial charge in [0.1, 0.15) is 11.3 Å². The van der Waals surface area contributed by atoms with Crippen molar-refractivity contribution in [2.24, 2.45) is 0 Å². The second kappa shape index (κ2) is 13.9. The van der Waals surface area contributed by atoms with Crippen molar-refractivity contribution in [1.29, 1.82) is 0 Å². The van der Waals surface area contributed by atoms with E-state index in [0.29, 0.717) is 0 Å². The summed E-state index contributed by atoms with van der Waals surface area (Å²) in [5, 5.41) is 13.2. The number of benzene rings is 11. The first kappa shape index (κ1) is 34.1. The molecule has 1 heterocycles. The number of hydrogen-bond acceptors (Lipinski definition) is 2. The molecule has 0 saturated heterocycles. The fourth-order valence-electron chi connectivity index (χ4n) is 9.49. The molecule has 0 aliphatic carbocycles. The Bertz CT molecular complexity index is 3580. The number of hydrogen-bond donors (Lipinski definition) is 0. The van der Waals surface area contributed by atoms with Gasteiger partial charge in [-0.1, -0.05) is 182 Å². The van der Waals surface area contributed by atoms with Crippen LogP contribution in [0, 0.1) is 0 Å². The van der Waals surface area contributed by atoms with Crippen molar-refractivity contribution in [2.75, 3.05) is 4.90 Å². The molecule has 280 valence electrons. The molecule has 1 aromatic heterocycles. The van der Waals surface area contributed by atoms with Crippen LogP contribution in [0.5, 0.6) is 0 Å². The van der Waals surface area contributed by atoms with Crippen LogP contribution in [-0.2, 0) is 0 Å². The molecule has 0 aliphatic rings. The predicted octanol–water partition coefficient (Wildman–Crippen LogP) is 16.7. The Labute approximate surface area is 347 Å². The van der Waals surface area contributed by atoms with Crippen molar-refractivity contribution in [1.82, 2.24) is 0 Å². The maximum atomic E-state index is 7.11. The number of rotatable bonds is 6. The molecule has 0 aliphatic heterocycles. The zero-order chi connectivity index (χ0) is 39.6. The summed E-state index contributed by atoms with van der Waals surface area (Å²) in [5.74, 6) is 0.867. The molecule has 2 heteroatoms. The molecule has 0 radical (unpaired) electrons. The third-order valence-corrected chi connectivity index (χ3v) is 12.2. The van der Waals surface area contributed by atoms with E-state index in [1.807, 2.05) is 0 Å². The Morgan fingerprint density at radius 1 is 0.317 bits per heavy atom. The first-order valence-corrected chi connectivity index (χ1v) is 20.6. The van der Waals surface area contributed by atoms with Crippen molar-refractivity contribution >= 4 is 81.9 Å². The van der Waals surface area contributed by atoms with Crippen LogP contribution in [0.15, 0.2) is 229 Å².